The Morgan fingerprint density at radius 3 is 2.50 bits per heavy atom. The van der Waals surface area contributed by atoms with Crippen LogP contribution in [0.2, 0.25) is 0 Å². The third kappa shape index (κ3) is 4.94. The minimum atomic E-state index is 0.420. The van der Waals surface area contributed by atoms with Gasteiger partial charge >= 0.3 is 0 Å². The molecular formula is C11H24N2O. The molecule has 0 bridgehead atoms. The van der Waals surface area contributed by atoms with Gasteiger partial charge in [-0.25, -0.2) is 0 Å². The Balaban J connectivity index is 1.96. The fourth-order valence-corrected chi connectivity index (χ4v) is 1.83. The zero-order valence-electron chi connectivity index (χ0n) is 9.46. The molecule has 3 heteroatoms. The lowest BCUT2D eigenvalue weighted by Gasteiger charge is -2.26. The standard InChI is InChI=1S/C11H24N2O/c1-9(2)13-7-8-14-11-5-3-10(12)4-6-11/h9-11,13H,3-8,12H2,1-2H3. The van der Waals surface area contributed by atoms with E-state index in [-0.39, 0.29) is 0 Å². The largest absolute Gasteiger partial charge is 0.377 e. The SMILES string of the molecule is CC(C)NCCOC1CCC(N)CC1. The van der Waals surface area contributed by atoms with Crippen molar-refractivity contribution in [2.75, 3.05) is 13.2 Å². The summed E-state index contributed by atoms with van der Waals surface area (Å²) in [6.07, 6.45) is 5.00. The van der Waals surface area contributed by atoms with Crippen molar-refractivity contribution in [3.63, 3.8) is 0 Å². The number of ether oxygens (including phenoxy) is 1. The number of nitrogens with one attached hydrogen (secondary N) is 1. The second-order valence-electron chi connectivity index (χ2n) is 4.52. The van der Waals surface area contributed by atoms with E-state index < -0.39 is 0 Å². The molecule has 0 aromatic rings. The summed E-state index contributed by atoms with van der Waals surface area (Å²) in [4.78, 5) is 0. The van der Waals surface area contributed by atoms with Crippen LogP contribution in [-0.4, -0.2) is 31.3 Å². The minimum absolute atomic E-state index is 0.420. The summed E-state index contributed by atoms with van der Waals surface area (Å²) in [6.45, 7) is 6.09. The topological polar surface area (TPSA) is 47.3 Å². The molecule has 0 radical (unpaired) electrons. The van der Waals surface area contributed by atoms with Gasteiger partial charge in [-0.1, -0.05) is 13.8 Å². The quantitative estimate of drug-likeness (QED) is 0.657. The molecule has 0 aromatic heterocycles. The van der Waals surface area contributed by atoms with Crippen LogP contribution in [0.5, 0.6) is 0 Å². The van der Waals surface area contributed by atoms with E-state index in [1.165, 1.54) is 0 Å². The van der Waals surface area contributed by atoms with Crippen LogP contribution >= 0.6 is 0 Å². The van der Waals surface area contributed by atoms with Gasteiger partial charge in [0.2, 0.25) is 0 Å². The zero-order valence-corrected chi connectivity index (χ0v) is 9.46. The van der Waals surface area contributed by atoms with E-state index >= 15 is 0 Å². The Bertz CT molecular complexity index is 142. The molecular weight excluding hydrogens is 176 g/mol. The minimum Gasteiger partial charge on any atom is -0.377 e. The van der Waals surface area contributed by atoms with Gasteiger partial charge in [0.1, 0.15) is 0 Å². The smallest absolute Gasteiger partial charge is 0.0594 e. The van der Waals surface area contributed by atoms with Crippen molar-refractivity contribution in [2.45, 2.75) is 57.7 Å². The summed E-state index contributed by atoms with van der Waals surface area (Å²) in [5.41, 5.74) is 5.82. The molecule has 3 N–H and O–H groups in total. The molecule has 1 aliphatic carbocycles. The van der Waals surface area contributed by atoms with E-state index in [2.05, 4.69) is 19.2 Å². The molecule has 84 valence electrons. The molecule has 0 aromatic carbocycles. The van der Waals surface area contributed by atoms with E-state index in [9.17, 15) is 0 Å². The highest BCUT2D eigenvalue weighted by atomic mass is 16.5. The summed E-state index contributed by atoms with van der Waals surface area (Å²) in [7, 11) is 0. The molecule has 0 atom stereocenters. The van der Waals surface area contributed by atoms with Crippen molar-refractivity contribution < 1.29 is 4.74 Å². The van der Waals surface area contributed by atoms with Crippen LogP contribution in [0.4, 0.5) is 0 Å². The van der Waals surface area contributed by atoms with Crippen molar-refractivity contribution in [1.29, 1.82) is 0 Å². The average molecular weight is 200 g/mol. The van der Waals surface area contributed by atoms with Gasteiger partial charge in [0, 0.05) is 18.6 Å². The number of nitrogens with two attached hydrogens (primary N) is 1. The fourth-order valence-electron chi connectivity index (χ4n) is 1.83. The lowest BCUT2D eigenvalue weighted by atomic mass is 9.94. The van der Waals surface area contributed by atoms with Gasteiger partial charge in [-0.05, 0) is 25.7 Å². The molecule has 0 spiro atoms. The van der Waals surface area contributed by atoms with Crippen LogP contribution in [0.3, 0.4) is 0 Å². The maximum atomic E-state index is 5.82. The van der Waals surface area contributed by atoms with Crippen LogP contribution in [0.1, 0.15) is 39.5 Å². The fraction of sp³-hybridized carbons (Fsp3) is 1.00. The predicted molar refractivity (Wildman–Crippen MR) is 59.3 cm³/mol. The number of rotatable bonds is 5. The van der Waals surface area contributed by atoms with E-state index in [1.54, 1.807) is 0 Å². The van der Waals surface area contributed by atoms with Gasteiger partial charge in [-0.15, -0.1) is 0 Å². The summed E-state index contributed by atoms with van der Waals surface area (Å²) in [5.74, 6) is 0. The number of hydrogen-bond donors (Lipinski definition) is 2. The predicted octanol–water partition coefficient (Wildman–Crippen LogP) is 1.27. The van der Waals surface area contributed by atoms with Crippen molar-refractivity contribution in [3.05, 3.63) is 0 Å². The van der Waals surface area contributed by atoms with Gasteiger partial charge in [-0.3, -0.25) is 0 Å². The Hall–Kier alpha value is -0.120. The molecule has 1 saturated carbocycles. The summed E-state index contributed by atoms with van der Waals surface area (Å²) >= 11 is 0. The van der Waals surface area contributed by atoms with Crippen molar-refractivity contribution >= 4 is 0 Å². The molecule has 0 aliphatic heterocycles. The molecule has 0 heterocycles. The first-order valence-corrected chi connectivity index (χ1v) is 5.79. The third-order valence-corrected chi connectivity index (χ3v) is 2.73. The lowest BCUT2D eigenvalue weighted by molar-refractivity contribution is 0.0264. The molecule has 0 amide bonds. The maximum Gasteiger partial charge on any atom is 0.0594 e. The van der Waals surface area contributed by atoms with Gasteiger partial charge in [0.15, 0.2) is 0 Å². The zero-order chi connectivity index (χ0) is 10.4. The average Bonchev–Trinajstić information content (AvgIpc) is 2.15. The van der Waals surface area contributed by atoms with Gasteiger partial charge in [-0.2, -0.15) is 0 Å². The molecule has 3 nitrogen and oxygen atoms in total. The maximum absolute atomic E-state index is 5.82. The summed E-state index contributed by atoms with van der Waals surface area (Å²) in [5, 5.41) is 3.34. The van der Waals surface area contributed by atoms with Gasteiger partial charge < -0.3 is 15.8 Å². The Labute approximate surface area is 87.4 Å². The number of hydrogen-bond acceptors (Lipinski definition) is 3. The van der Waals surface area contributed by atoms with Crippen LogP contribution < -0.4 is 11.1 Å². The third-order valence-electron chi connectivity index (χ3n) is 2.73. The first-order valence-electron chi connectivity index (χ1n) is 5.79. The Morgan fingerprint density at radius 2 is 1.93 bits per heavy atom. The molecule has 1 fully saturated rings. The summed E-state index contributed by atoms with van der Waals surface area (Å²) in [6, 6.07) is 0.974. The molecule has 0 unspecified atom stereocenters. The lowest BCUT2D eigenvalue weighted by Crippen LogP contribution is -2.32. The Kier molecular flexibility index (Phi) is 5.45. The van der Waals surface area contributed by atoms with Gasteiger partial charge in [0.05, 0.1) is 12.7 Å². The Morgan fingerprint density at radius 1 is 1.29 bits per heavy atom. The van der Waals surface area contributed by atoms with E-state index in [0.29, 0.717) is 18.2 Å². The van der Waals surface area contributed by atoms with Crippen molar-refractivity contribution in [2.24, 2.45) is 5.73 Å². The van der Waals surface area contributed by atoms with Crippen molar-refractivity contribution in [3.8, 4) is 0 Å². The second-order valence-corrected chi connectivity index (χ2v) is 4.52. The van der Waals surface area contributed by atoms with E-state index in [0.717, 1.165) is 38.8 Å². The highest BCUT2D eigenvalue weighted by molar-refractivity contribution is 4.74. The first kappa shape index (κ1) is 12.0. The van der Waals surface area contributed by atoms with Crippen molar-refractivity contribution in [1.82, 2.24) is 5.32 Å². The van der Waals surface area contributed by atoms with E-state index in [4.69, 9.17) is 10.5 Å². The molecule has 14 heavy (non-hydrogen) atoms. The van der Waals surface area contributed by atoms with E-state index in [1.807, 2.05) is 0 Å². The molecule has 1 rings (SSSR count). The van der Waals surface area contributed by atoms with Gasteiger partial charge in [0.25, 0.3) is 0 Å². The van der Waals surface area contributed by atoms with Crippen LogP contribution in [0.15, 0.2) is 0 Å². The summed E-state index contributed by atoms with van der Waals surface area (Å²) < 4.78 is 5.76. The van der Waals surface area contributed by atoms with Crippen LogP contribution in [-0.2, 0) is 4.74 Å². The second kappa shape index (κ2) is 6.38. The van der Waals surface area contributed by atoms with Crippen LogP contribution in [0, 0.1) is 0 Å². The monoisotopic (exact) mass is 200 g/mol. The van der Waals surface area contributed by atoms with Crippen LogP contribution in [0.25, 0.3) is 0 Å². The normalized spacial score (nSPS) is 28.3. The molecule has 1 aliphatic rings. The highest BCUT2D eigenvalue weighted by Crippen LogP contribution is 2.19. The molecule has 0 saturated heterocycles. The highest BCUT2D eigenvalue weighted by Gasteiger charge is 2.18. The first-order chi connectivity index (χ1) is 6.68.